The lowest BCUT2D eigenvalue weighted by molar-refractivity contribution is 0.483. The zero-order chi connectivity index (χ0) is 26.3. The lowest BCUT2D eigenvalue weighted by Crippen LogP contribution is -2.24. The summed E-state index contributed by atoms with van der Waals surface area (Å²) in [5, 5.41) is 2.37. The minimum Gasteiger partial charge on any atom is -0.457 e. The summed E-state index contributed by atoms with van der Waals surface area (Å²) in [4.78, 5) is 9.14. The van der Waals surface area contributed by atoms with E-state index >= 15 is 0 Å². The molecule has 0 unspecified atom stereocenters. The molecule has 0 fully saturated rings. The number of aryl methyl sites for hydroxylation is 2. The van der Waals surface area contributed by atoms with Gasteiger partial charge in [0.1, 0.15) is 17.3 Å². The van der Waals surface area contributed by atoms with Gasteiger partial charge in [-0.15, -0.1) is 0 Å². The topological polar surface area (TPSA) is 33.5 Å². The fraction of sp³-hybridized carbons (Fsp3) is 0.0882. The fourth-order valence-electron chi connectivity index (χ4n) is 5.26. The van der Waals surface area contributed by atoms with E-state index in [-0.39, 0.29) is 0 Å². The highest BCUT2D eigenvalue weighted by Crippen LogP contribution is 2.36. The Morgan fingerprint density at radius 1 is 0.615 bits per heavy atom. The third-order valence-electron chi connectivity index (χ3n) is 7.26. The van der Waals surface area contributed by atoms with Crippen molar-refractivity contribution in [1.82, 2.24) is 9.55 Å². The zero-order valence-corrected chi connectivity index (χ0v) is 22.0. The number of hydrogen-bond acceptors (Lipinski definition) is 4. The molecule has 7 rings (SSSR count). The summed E-state index contributed by atoms with van der Waals surface area (Å²) >= 11 is 0. The van der Waals surface area contributed by atoms with E-state index in [2.05, 4.69) is 119 Å². The largest absolute Gasteiger partial charge is 0.457 e. The summed E-state index contributed by atoms with van der Waals surface area (Å²) in [6.07, 6.45) is 6.09. The summed E-state index contributed by atoms with van der Waals surface area (Å²) in [6, 6.07) is 35.8. The first-order valence-electron chi connectivity index (χ1n) is 13.1. The van der Waals surface area contributed by atoms with E-state index in [0.29, 0.717) is 0 Å². The number of benzene rings is 4. The van der Waals surface area contributed by atoms with E-state index in [4.69, 9.17) is 9.72 Å². The van der Waals surface area contributed by atoms with Crippen LogP contribution in [0.5, 0.6) is 11.5 Å². The molecule has 6 aromatic rings. The van der Waals surface area contributed by atoms with Crippen LogP contribution in [0.25, 0.3) is 27.6 Å². The summed E-state index contributed by atoms with van der Waals surface area (Å²) in [5.74, 6) is 2.49. The second kappa shape index (κ2) is 9.37. The molecular weight excluding hydrogens is 480 g/mol. The number of fused-ring (bicyclic) bond motifs is 3. The van der Waals surface area contributed by atoms with Crippen molar-refractivity contribution in [3.8, 4) is 17.3 Å². The Hall–Kier alpha value is -5.03. The van der Waals surface area contributed by atoms with Crippen LogP contribution in [0.1, 0.15) is 11.1 Å². The molecule has 5 nitrogen and oxygen atoms in total. The van der Waals surface area contributed by atoms with E-state index in [1.165, 1.54) is 27.6 Å². The lowest BCUT2D eigenvalue weighted by Gasteiger charge is -2.22. The van der Waals surface area contributed by atoms with Gasteiger partial charge in [-0.3, -0.25) is 4.57 Å². The number of pyridine rings is 1. The third-order valence-corrected chi connectivity index (χ3v) is 7.26. The molecule has 0 saturated heterocycles. The van der Waals surface area contributed by atoms with E-state index in [1.54, 1.807) is 0 Å². The van der Waals surface area contributed by atoms with Crippen LogP contribution >= 0.6 is 0 Å². The van der Waals surface area contributed by atoms with Gasteiger partial charge < -0.3 is 14.5 Å². The SMILES string of the molecule is Cc1ccc(N2C=CN(c3cccc(Oc4ccc5c6ccccc6n(-c6cc(C)ccn6)c5c4)c3)C2)cc1. The minimum atomic E-state index is 0.752. The average Bonchev–Trinajstić information content (AvgIpc) is 3.57. The smallest absolute Gasteiger partial charge is 0.137 e. The van der Waals surface area contributed by atoms with Crippen LogP contribution in [0.15, 0.2) is 122 Å². The highest BCUT2D eigenvalue weighted by molar-refractivity contribution is 6.09. The third kappa shape index (κ3) is 4.28. The predicted octanol–water partition coefficient (Wildman–Crippen LogP) is 8.34. The Morgan fingerprint density at radius 3 is 2.23 bits per heavy atom. The molecule has 39 heavy (non-hydrogen) atoms. The van der Waals surface area contributed by atoms with Gasteiger partial charge in [-0.05, 0) is 74.0 Å². The maximum Gasteiger partial charge on any atom is 0.137 e. The van der Waals surface area contributed by atoms with Crippen molar-refractivity contribution in [2.24, 2.45) is 0 Å². The molecule has 0 atom stereocenters. The molecule has 5 heteroatoms. The summed E-state index contributed by atoms with van der Waals surface area (Å²) in [7, 11) is 0. The monoisotopic (exact) mass is 508 g/mol. The first-order chi connectivity index (χ1) is 19.1. The van der Waals surface area contributed by atoms with Crippen molar-refractivity contribution >= 4 is 33.2 Å². The predicted molar refractivity (Wildman–Crippen MR) is 160 cm³/mol. The quantitative estimate of drug-likeness (QED) is 0.234. The second-order valence-electron chi connectivity index (χ2n) is 10.0. The maximum atomic E-state index is 6.42. The van der Waals surface area contributed by atoms with Gasteiger partial charge in [0.15, 0.2) is 0 Å². The Balaban J connectivity index is 1.20. The number of hydrogen-bond donors (Lipinski definition) is 0. The number of ether oxygens (including phenoxy) is 1. The normalized spacial score (nSPS) is 13.1. The van der Waals surface area contributed by atoms with Crippen molar-refractivity contribution in [2.75, 3.05) is 16.5 Å². The van der Waals surface area contributed by atoms with Crippen molar-refractivity contribution in [3.63, 3.8) is 0 Å². The molecule has 0 saturated carbocycles. The standard InChI is InChI=1S/C34H28N4O/c1-24-10-12-26(13-11-24)36-18-19-37(23-36)27-6-5-7-28(21-27)39-29-14-15-31-30-8-3-4-9-32(30)38(33(31)22-29)34-20-25(2)16-17-35-34/h3-22H,23H2,1-2H3. The Morgan fingerprint density at radius 2 is 1.38 bits per heavy atom. The highest BCUT2D eigenvalue weighted by atomic mass is 16.5. The molecule has 1 aliphatic heterocycles. The maximum absolute atomic E-state index is 6.42. The molecule has 0 aliphatic carbocycles. The van der Waals surface area contributed by atoms with Crippen LogP contribution in [0.4, 0.5) is 11.4 Å². The van der Waals surface area contributed by atoms with Crippen molar-refractivity contribution < 1.29 is 4.74 Å². The van der Waals surface area contributed by atoms with Crippen LogP contribution in [0.2, 0.25) is 0 Å². The van der Waals surface area contributed by atoms with Gasteiger partial charge in [-0.2, -0.15) is 0 Å². The van der Waals surface area contributed by atoms with E-state index in [9.17, 15) is 0 Å². The molecule has 2 aromatic heterocycles. The molecule has 0 spiro atoms. The van der Waals surface area contributed by atoms with Crippen LogP contribution in [0, 0.1) is 13.8 Å². The Bertz CT molecular complexity index is 1850. The highest BCUT2D eigenvalue weighted by Gasteiger charge is 2.17. The number of aromatic nitrogens is 2. The van der Waals surface area contributed by atoms with Crippen LogP contribution in [-0.4, -0.2) is 16.2 Å². The van der Waals surface area contributed by atoms with E-state index < -0.39 is 0 Å². The first kappa shape index (κ1) is 23.1. The molecule has 0 amide bonds. The van der Waals surface area contributed by atoms with Gasteiger partial charge in [-0.1, -0.05) is 42.0 Å². The van der Waals surface area contributed by atoms with Crippen LogP contribution in [0.3, 0.4) is 0 Å². The molecule has 4 aromatic carbocycles. The molecule has 3 heterocycles. The first-order valence-corrected chi connectivity index (χ1v) is 13.1. The summed E-state index contributed by atoms with van der Waals surface area (Å²) in [5.41, 5.74) is 6.89. The van der Waals surface area contributed by atoms with Gasteiger partial charge in [0, 0.05) is 52.9 Å². The molecule has 0 bridgehead atoms. The molecule has 1 aliphatic rings. The lowest BCUT2D eigenvalue weighted by atomic mass is 10.1. The van der Waals surface area contributed by atoms with Gasteiger partial charge in [0.25, 0.3) is 0 Å². The fourth-order valence-corrected chi connectivity index (χ4v) is 5.26. The number of rotatable bonds is 5. The van der Waals surface area contributed by atoms with Crippen LogP contribution < -0.4 is 14.5 Å². The van der Waals surface area contributed by atoms with E-state index in [0.717, 1.165) is 40.7 Å². The summed E-state index contributed by atoms with van der Waals surface area (Å²) in [6.45, 7) is 4.95. The second-order valence-corrected chi connectivity index (χ2v) is 10.0. The molecule has 0 N–H and O–H groups in total. The van der Waals surface area contributed by atoms with Crippen molar-refractivity contribution in [1.29, 1.82) is 0 Å². The zero-order valence-electron chi connectivity index (χ0n) is 22.0. The van der Waals surface area contributed by atoms with E-state index in [1.807, 2.05) is 30.5 Å². The van der Waals surface area contributed by atoms with Gasteiger partial charge in [-0.25, -0.2) is 4.98 Å². The Kier molecular flexibility index (Phi) is 5.55. The molecule has 190 valence electrons. The van der Waals surface area contributed by atoms with Crippen molar-refractivity contribution in [2.45, 2.75) is 13.8 Å². The number of nitrogens with zero attached hydrogens (tertiary/aromatic N) is 4. The number of anilines is 2. The van der Waals surface area contributed by atoms with Gasteiger partial charge >= 0.3 is 0 Å². The van der Waals surface area contributed by atoms with Gasteiger partial charge in [0.2, 0.25) is 0 Å². The van der Waals surface area contributed by atoms with Crippen LogP contribution in [-0.2, 0) is 0 Å². The van der Waals surface area contributed by atoms with Crippen molar-refractivity contribution in [3.05, 3.63) is 133 Å². The molecular formula is C34H28N4O. The minimum absolute atomic E-state index is 0.752. The number of para-hydroxylation sites is 1. The summed E-state index contributed by atoms with van der Waals surface area (Å²) < 4.78 is 8.64. The van der Waals surface area contributed by atoms with Gasteiger partial charge in [0.05, 0.1) is 17.7 Å². The molecule has 0 radical (unpaired) electrons. The Labute approximate surface area is 227 Å². The average molecular weight is 509 g/mol.